The van der Waals surface area contributed by atoms with Gasteiger partial charge in [-0.2, -0.15) is 0 Å². The van der Waals surface area contributed by atoms with Crippen LogP contribution < -0.4 is 11.1 Å². The van der Waals surface area contributed by atoms with E-state index in [0.717, 1.165) is 10.9 Å². The molecule has 3 nitrogen and oxygen atoms in total. The highest BCUT2D eigenvalue weighted by Crippen LogP contribution is 2.19. The molecule has 0 aliphatic carbocycles. The van der Waals surface area contributed by atoms with E-state index in [1.54, 1.807) is 29.5 Å². The zero-order valence-electron chi connectivity index (χ0n) is 10.6. The predicted molar refractivity (Wildman–Crippen MR) is 83.4 cm³/mol. The summed E-state index contributed by atoms with van der Waals surface area (Å²) in [6, 6.07) is 7.31. The molecule has 3 N–H and O–H groups in total. The van der Waals surface area contributed by atoms with Gasteiger partial charge in [-0.15, -0.1) is 11.3 Å². The minimum atomic E-state index is -0.108. The minimum Gasteiger partial charge on any atom is -0.399 e. The van der Waals surface area contributed by atoms with Gasteiger partial charge in [0, 0.05) is 20.6 Å². The van der Waals surface area contributed by atoms with E-state index in [9.17, 15) is 4.79 Å². The maximum absolute atomic E-state index is 12.1. The number of hydrogen-bond acceptors (Lipinski definition) is 3. The van der Waals surface area contributed by atoms with E-state index in [1.807, 2.05) is 0 Å². The summed E-state index contributed by atoms with van der Waals surface area (Å²) in [7, 11) is 0. The van der Waals surface area contributed by atoms with Crippen molar-refractivity contribution in [1.29, 1.82) is 0 Å². The average molecular weight is 339 g/mol. The number of nitrogens with one attached hydrogen (secondary N) is 1. The quantitative estimate of drug-likeness (QED) is 0.837. The van der Waals surface area contributed by atoms with E-state index >= 15 is 0 Å². The molecule has 1 amide bonds. The van der Waals surface area contributed by atoms with Gasteiger partial charge < -0.3 is 11.1 Å². The van der Waals surface area contributed by atoms with Crippen molar-refractivity contribution in [2.45, 2.75) is 19.9 Å². The second-order valence-electron chi connectivity index (χ2n) is 4.18. The number of thiophene rings is 1. The number of carbonyl (C=O) groups is 1. The van der Waals surface area contributed by atoms with Gasteiger partial charge in [-0.25, -0.2) is 0 Å². The number of rotatable bonds is 4. The molecular weight excluding hydrogens is 324 g/mol. The fourth-order valence-corrected chi connectivity index (χ4v) is 3.27. The number of carbonyl (C=O) groups excluding carboxylic acids is 1. The van der Waals surface area contributed by atoms with Crippen molar-refractivity contribution in [2.24, 2.45) is 0 Å². The van der Waals surface area contributed by atoms with Crippen LogP contribution in [0.5, 0.6) is 0 Å². The third-order valence-corrected chi connectivity index (χ3v) is 4.23. The third-order valence-electron chi connectivity index (χ3n) is 2.81. The first-order valence-electron chi connectivity index (χ1n) is 5.99. The van der Waals surface area contributed by atoms with Gasteiger partial charge in [0.15, 0.2) is 0 Å². The molecule has 0 spiro atoms. The highest BCUT2D eigenvalue weighted by Gasteiger charge is 2.09. The first kappa shape index (κ1) is 14.1. The topological polar surface area (TPSA) is 55.1 Å². The summed E-state index contributed by atoms with van der Waals surface area (Å²) in [6.07, 6.45) is 0.985. The van der Waals surface area contributed by atoms with Crippen LogP contribution in [-0.2, 0) is 13.0 Å². The number of halogens is 1. The van der Waals surface area contributed by atoms with Crippen LogP contribution in [-0.4, -0.2) is 5.91 Å². The highest BCUT2D eigenvalue weighted by molar-refractivity contribution is 9.10. The molecule has 2 rings (SSSR count). The molecule has 0 aliphatic rings. The molecule has 0 radical (unpaired) electrons. The molecule has 2 aromatic rings. The van der Waals surface area contributed by atoms with Crippen LogP contribution in [0.4, 0.5) is 5.69 Å². The lowest BCUT2D eigenvalue weighted by Gasteiger charge is -2.07. The van der Waals surface area contributed by atoms with Crippen molar-refractivity contribution < 1.29 is 4.79 Å². The predicted octanol–water partition coefficient (Wildman–Crippen LogP) is 3.59. The smallest absolute Gasteiger partial charge is 0.251 e. The summed E-state index contributed by atoms with van der Waals surface area (Å²) < 4.78 is 0.808. The SMILES string of the molecule is CCc1ccsc1CNC(=O)c1cc(N)cc(Br)c1. The van der Waals surface area contributed by atoms with Gasteiger partial charge in [0.1, 0.15) is 0 Å². The largest absolute Gasteiger partial charge is 0.399 e. The summed E-state index contributed by atoms with van der Waals surface area (Å²) >= 11 is 5.00. The second-order valence-corrected chi connectivity index (χ2v) is 6.09. The second kappa shape index (κ2) is 6.21. The number of nitrogens with two attached hydrogens (primary N) is 1. The first-order valence-corrected chi connectivity index (χ1v) is 7.67. The molecular formula is C14H15BrN2OS. The number of amides is 1. The minimum absolute atomic E-state index is 0.108. The maximum atomic E-state index is 12.1. The molecule has 19 heavy (non-hydrogen) atoms. The molecule has 1 aromatic heterocycles. The van der Waals surface area contributed by atoms with Gasteiger partial charge in [0.2, 0.25) is 0 Å². The number of aryl methyl sites for hydroxylation is 1. The number of hydrogen-bond donors (Lipinski definition) is 2. The Morgan fingerprint density at radius 3 is 2.89 bits per heavy atom. The first-order chi connectivity index (χ1) is 9.10. The fraction of sp³-hybridized carbons (Fsp3) is 0.214. The normalized spacial score (nSPS) is 10.4. The van der Waals surface area contributed by atoms with E-state index in [4.69, 9.17) is 5.73 Å². The Bertz CT molecular complexity index is 575. The van der Waals surface area contributed by atoms with Crippen LogP contribution in [0.15, 0.2) is 34.1 Å². The maximum Gasteiger partial charge on any atom is 0.251 e. The van der Waals surface area contributed by atoms with Gasteiger partial charge in [0.25, 0.3) is 5.91 Å². The monoisotopic (exact) mass is 338 g/mol. The Morgan fingerprint density at radius 1 is 1.42 bits per heavy atom. The van der Waals surface area contributed by atoms with E-state index < -0.39 is 0 Å². The van der Waals surface area contributed by atoms with Crippen molar-refractivity contribution in [1.82, 2.24) is 5.32 Å². The lowest BCUT2D eigenvalue weighted by molar-refractivity contribution is 0.0951. The Hall–Kier alpha value is -1.33. The summed E-state index contributed by atoms with van der Waals surface area (Å²) in [6.45, 7) is 2.68. The van der Waals surface area contributed by atoms with Crippen LogP contribution in [0, 0.1) is 0 Å². The lowest BCUT2D eigenvalue weighted by Crippen LogP contribution is -2.22. The van der Waals surface area contributed by atoms with Gasteiger partial charge in [-0.1, -0.05) is 22.9 Å². The molecule has 0 saturated heterocycles. The summed E-state index contributed by atoms with van der Waals surface area (Å²) in [4.78, 5) is 13.3. The molecule has 5 heteroatoms. The molecule has 0 saturated carbocycles. The average Bonchev–Trinajstić information content (AvgIpc) is 2.82. The van der Waals surface area contributed by atoms with Crippen LogP contribution in [0.2, 0.25) is 0 Å². The molecule has 0 bridgehead atoms. The summed E-state index contributed by atoms with van der Waals surface area (Å²) in [5.74, 6) is -0.108. The van der Waals surface area contributed by atoms with Gasteiger partial charge >= 0.3 is 0 Å². The molecule has 100 valence electrons. The number of nitrogen functional groups attached to an aromatic ring is 1. The molecule has 1 aromatic carbocycles. The fourth-order valence-electron chi connectivity index (χ4n) is 1.84. The van der Waals surface area contributed by atoms with Crippen LogP contribution in [0.3, 0.4) is 0 Å². The molecule has 0 fully saturated rings. The Kier molecular flexibility index (Phi) is 4.61. The van der Waals surface area contributed by atoms with Crippen molar-refractivity contribution in [3.8, 4) is 0 Å². The van der Waals surface area contributed by atoms with Crippen molar-refractivity contribution in [3.05, 3.63) is 50.1 Å². The van der Waals surface area contributed by atoms with E-state index in [-0.39, 0.29) is 5.91 Å². The molecule has 0 unspecified atom stereocenters. The third kappa shape index (κ3) is 3.58. The van der Waals surface area contributed by atoms with Crippen molar-refractivity contribution in [3.63, 3.8) is 0 Å². The van der Waals surface area contributed by atoms with Crippen molar-refractivity contribution in [2.75, 3.05) is 5.73 Å². The number of anilines is 1. The standard InChI is InChI=1S/C14H15BrN2OS/c1-2-9-3-4-19-13(9)8-17-14(18)10-5-11(15)7-12(16)6-10/h3-7H,2,8,16H2,1H3,(H,17,18). The molecule has 0 aliphatic heterocycles. The Morgan fingerprint density at radius 2 is 2.21 bits per heavy atom. The van der Waals surface area contributed by atoms with Crippen LogP contribution in [0.1, 0.15) is 27.7 Å². The molecule has 0 atom stereocenters. The zero-order chi connectivity index (χ0) is 13.8. The number of benzene rings is 1. The Balaban J connectivity index is 2.05. The van der Waals surface area contributed by atoms with E-state index in [0.29, 0.717) is 17.8 Å². The van der Waals surface area contributed by atoms with E-state index in [2.05, 4.69) is 39.6 Å². The van der Waals surface area contributed by atoms with Gasteiger partial charge in [-0.05, 0) is 41.6 Å². The summed E-state index contributed by atoms with van der Waals surface area (Å²) in [5, 5.41) is 4.98. The van der Waals surface area contributed by atoms with Crippen LogP contribution in [0.25, 0.3) is 0 Å². The van der Waals surface area contributed by atoms with E-state index in [1.165, 1.54) is 10.4 Å². The van der Waals surface area contributed by atoms with Crippen molar-refractivity contribution >= 4 is 38.9 Å². The van der Waals surface area contributed by atoms with Gasteiger partial charge in [0.05, 0.1) is 6.54 Å². The highest BCUT2D eigenvalue weighted by atomic mass is 79.9. The molecule has 1 heterocycles. The zero-order valence-corrected chi connectivity index (χ0v) is 13.0. The van der Waals surface area contributed by atoms with Gasteiger partial charge in [-0.3, -0.25) is 4.79 Å². The summed E-state index contributed by atoms with van der Waals surface area (Å²) in [5.41, 5.74) is 8.16. The lowest BCUT2D eigenvalue weighted by atomic mass is 10.2. The Labute approximate surface area is 125 Å². The van der Waals surface area contributed by atoms with Crippen LogP contribution >= 0.6 is 27.3 Å².